The summed E-state index contributed by atoms with van der Waals surface area (Å²) in [6, 6.07) is 10.4. The van der Waals surface area contributed by atoms with Crippen molar-refractivity contribution in [2.75, 3.05) is 30.8 Å². The van der Waals surface area contributed by atoms with Crippen LogP contribution in [-0.2, 0) is 11.2 Å². The number of nitriles is 1. The molecule has 0 saturated carbocycles. The molecule has 3 rings (SSSR count). The Bertz CT molecular complexity index is 825. The van der Waals surface area contributed by atoms with E-state index in [1.54, 1.807) is 12.3 Å². The molecule has 0 unspecified atom stereocenters. The Morgan fingerprint density at radius 1 is 1.35 bits per heavy atom. The molecule has 0 aliphatic carbocycles. The molecule has 26 heavy (non-hydrogen) atoms. The number of benzene rings is 1. The molecule has 2 heterocycles. The van der Waals surface area contributed by atoms with Gasteiger partial charge >= 0.3 is 0 Å². The molecule has 5 nitrogen and oxygen atoms in total. The number of nitrogen functional groups attached to an aromatic ring is 1. The van der Waals surface area contributed by atoms with Gasteiger partial charge in [-0.05, 0) is 42.5 Å². The number of nitrogens with two attached hydrogens (primary N) is 1. The number of nitrogens with zero attached hydrogens (tertiary/aromatic N) is 2. The van der Waals surface area contributed by atoms with Gasteiger partial charge in [0.15, 0.2) is 0 Å². The van der Waals surface area contributed by atoms with Crippen molar-refractivity contribution in [3.63, 3.8) is 0 Å². The van der Waals surface area contributed by atoms with E-state index in [9.17, 15) is 5.26 Å². The van der Waals surface area contributed by atoms with Crippen LogP contribution in [0.25, 0.3) is 11.1 Å². The summed E-state index contributed by atoms with van der Waals surface area (Å²) in [6.07, 6.45) is 3.92. The minimum absolute atomic E-state index is 0.377. The zero-order valence-electron chi connectivity index (χ0n) is 14.9. The first-order valence-electron chi connectivity index (χ1n) is 8.85. The summed E-state index contributed by atoms with van der Waals surface area (Å²) >= 11 is 6.36. The van der Waals surface area contributed by atoms with Crippen molar-refractivity contribution in [2.45, 2.75) is 26.2 Å². The number of aromatic nitrogens is 1. The average molecular weight is 371 g/mol. The van der Waals surface area contributed by atoms with Crippen LogP contribution in [0.5, 0.6) is 0 Å². The number of hydrogen-bond acceptors (Lipinski definition) is 5. The summed E-state index contributed by atoms with van der Waals surface area (Å²) in [5, 5.41) is 13.7. The lowest BCUT2D eigenvalue weighted by atomic mass is 9.81. The maximum atomic E-state index is 9.66. The zero-order valence-corrected chi connectivity index (χ0v) is 15.6. The molecule has 0 radical (unpaired) electrons. The molecular weight excluding hydrogens is 348 g/mol. The minimum Gasteiger partial charge on any atom is -0.384 e. The van der Waals surface area contributed by atoms with Gasteiger partial charge in [-0.2, -0.15) is 5.26 Å². The van der Waals surface area contributed by atoms with Crippen molar-refractivity contribution in [1.82, 2.24) is 4.98 Å². The molecule has 0 atom stereocenters. The second-order valence-corrected chi connectivity index (χ2v) is 7.04. The fourth-order valence-electron chi connectivity index (χ4n) is 3.40. The number of nitrogens with one attached hydrogen (secondary N) is 1. The fraction of sp³-hybridized carbons (Fsp3) is 0.400. The van der Waals surface area contributed by atoms with E-state index in [4.69, 9.17) is 22.1 Å². The molecule has 0 spiro atoms. The van der Waals surface area contributed by atoms with E-state index in [1.807, 2.05) is 18.2 Å². The van der Waals surface area contributed by atoms with Crippen LogP contribution in [-0.4, -0.2) is 24.7 Å². The van der Waals surface area contributed by atoms with E-state index in [0.717, 1.165) is 41.6 Å². The third-order valence-corrected chi connectivity index (χ3v) is 5.30. The molecule has 1 aromatic carbocycles. The molecule has 2 aromatic rings. The Hall–Kier alpha value is -2.29. The molecule has 1 aliphatic rings. The second-order valence-electron chi connectivity index (χ2n) is 6.63. The molecule has 6 heteroatoms. The van der Waals surface area contributed by atoms with Crippen molar-refractivity contribution in [1.29, 1.82) is 5.26 Å². The molecule has 3 N–H and O–H groups in total. The number of rotatable bonds is 5. The molecule has 1 saturated heterocycles. The molecule has 1 aromatic heterocycles. The molecule has 0 amide bonds. The third kappa shape index (κ3) is 3.77. The summed E-state index contributed by atoms with van der Waals surface area (Å²) in [7, 11) is 0. The van der Waals surface area contributed by atoms with Crippen LogP contribution in [0.4, 0.5) is 11.5 Å². The van der Waals surface area contributed by atoms with Crippen LogP contribution in [0, 0.1) is 16.7 Å². The fourth-order valence-corrected chi connectivity index (χ4v) is 3.61. The Kier molecular flexibility index (Phi) is 5.65. The van der Waals surface area contributed by atoms with E-state index < -0.39 is 0 Å². The highest BCUT2D eigenvalue weighted by Crippen LogP contribution is 2.36. The van der Waals surface area contributed by atoms with Gasteiger partial charge in [-0.15, -0.1) is 0 Å². The first-order valence-corrected chi connectivity index (χ1v) is 9.22. The molecule has 0 bridgehead atoms. The average Bonchev–Trinajstić information content (AvgIpc) is 2.68. The van der Waals surface area contributed by atoms with E-state index in [0.29, 0.717) is 30.6 Å². The van der Waals surface area contributed by atoms with Crippen molar-refractivity contribution in [2.24, 2.45) is 5.41 Å². The van der Waals surface area contributed by atoms with Crippen LogP contribution < -0.4 is 11.1 Å². The Morgan fingerprint density at radius 3 is 2.81 bits per heavy atom. The van der Waals surface area contributed by atoms with Crippen molar-refractivity contribution in [3.05, 3.63) is 41.0 Å². The summed E-state index contributed by atoms with van der Waals surface area (Å²) in [4.78, 5) is 4.04. The van der Waals surface area contributed by atoms with Crippen molar-refractivity contribution in [3.8, 4) is 17.2 Å². The monoisotopic (exact) mass is 370 g/mol. The largest absolute Gasteiger partial charge is 0.384 e. The maximum Gasteiger partial charge on any atom is 0.124 e. The first-order chi connectivity index (χ1) is 12.6. The first kappa shape index (κ1) is 18.5. The Morgan fingerprint density at radius 2 is 2.12 bits per heavy atom. The number of ether oxygens (including phenoxy) is 1. The molecule has 136 valence electrons. The SMILES string of the molecule is CCc1c(NCC2(C#N)CCOCC2)cccc1-c1cc(N)ncc1Cl. The van der Waals surface area contributed by atoms with Gasteiger partial charge in [0.05, 0.1) is 16.5 Å². The normalized spacial score (nSPS) is 16.0. The molecule has 1 aliphatic heterocycles. The summed E-state index contributed by atoms with van der Waals surface area (Å²) in [5.74, 6) is 0.440. The highest BCUT2D eigenvalue weighted by molar-refractivity contribution is 6.33. The van der Waals surface area contributed by atoms with Gasteiger partial charge < -0.3 is 15.8 Å². The van der Waals surface area contributed by atoms with Gasteiger partial charge in [0.2, 0.25) is 0 Å². The summed E-state index contributed by atoms with van der Waals surface area (Å²) in [6.45, 7) is 4.00. The number of hydrogen-bond donors (Lipinski definition) is 2. The lowest BCUT2D eigenvalue weighted by molar-refractivity contribution is 0.0456. The van der Waals surface area contributed by atoms with Gasteiger partial charge in [0.1, 0.15) is 5.82 Å². The highest BCUT2D eigenvalue weighted by atomic mass is 35.5. The number of halogens is 1. The van der Waals surface area contributed by atoms with Crippen LogP contribution in [0.3, 0.4) is 0 Å². The van der Waals surface area contributed by atoms with Gasteiger partial charge in [0, 0.05) is 37.2 Å². The van der Waals surface area contributed by atoms with E-state index in [1.165, 1.54) is 0 Å². The number of pyridine rings is 1. The Labute approximate surface area is 159 Å². The lowest BCUT2D eigenvalue weighted by Gasteiger charge is -2.31. The smallest absolute Gasteiger partial charge is 0.124 e. The van der Waals surface area contributed by atoms with Crippen LogP contribution in [0.15, 0.2) is 30.5 Å². The van der Waals surface area contributed by atoms with Crippen LogP contribution in [0.1, 0.15) is 25.3 Å². The van der Waals surface area contributed by atoms with E-state index in [2.05, 4.69) is 23.3 Å². The van der Waals surface area contributed by atoms with Crippen LogP contribution >= 0.6 is 11.6 Å². The van der Waals surface area contributed by atoms with Gasteiger partial charge in [-0.3, -0.25) is 0 Å². The molecular formula is C20H23ClN4O. The lowest BCUT2D eigenvalue weighted by Crippen LogP contribution is -2.34. The molecule has 1 fully saturated rings. The third-order valence-electron chi connectivity index (χ3n) is 5.00. The van der Waals surface area contributed by atoms with Crippen molar-refractivity contribution >= 4 is 23.1 Å². The van der Waals surface area contributed by atoms with Crippen LogP contribution in [0.2, 0.25) is 5.02 Å². The zero-order chi connectivity index (χ0) is 18.6. The maximum absolute atomic E-state index is 9.66. The predicted molar refractivity (Wildman–Crippen MR) is 105 cm³/mol. The van der Waals surface area contributed by atoms with Gasteiger partial charge in [0.25, 0.3) is 0 Å². The quantitative estimate of drug-likeness (QED) is 0.820. The summed E-state index contributed by atoms with van der Waals surface area (Å²) in [5.41, 5.74) is 9.57. The summed E-state index contributed by atoms with van der Waals surface area (Å²) < 4.78 is 5.41. The van der Waals surface area contributed by atoms with Crippen molar-refractivity contribution < 1.29 is 4.74 Å². The van der Waals surface area contributed by atoms with E-state index >= 15 is 0 Å². The number of anilines is 2. The standard InChI is InChI=1S/C20H23ClN4O/c1-2-14-15(16-10-19(23)24-11-17(16)21)4-3-5-18(14)25-13-20(12-22)6-8-26-9-7-20/h3-5,10-11,25H,2,6-9,13H2,1H3,(H2,23,24). The minimum atomic E-state index is -0.377. The highest BCUT2D eigenvalue weighted by Gasteiger charge is 2.32. The topological polar surface area (TPSA) is 84.0 Å². The van der Waals surface area contributed by atoms with Gasteiger partial charge in [-0.1, -0.05) is 30.7 Å². The Balaban J connectivity index is 1.91. The van der Waals surface area contributed by atoms with E-state index in [-0.39, 0.29) is 5.41 Å². The predicted octanol–water partition coefficient (Wildman–Crippen LogP) is 4.28. The van der Waals surface area contributed by atoms with Gasteiger partial charge in [-0.25, -0.2) is 4.98 Å². The second kappa shape index (κ2) is 7.94.